The van der Waals surface area contributed by atoms with E-state index in [0.717, 1.165) is 12.5 Å². The van der Waals surface area contributed by atoms with Gasteiger partial charge in [-0.3, -0.25) is 0 Å². The maximum absolute atomic E-state index is 5.67. The third kappa shape index (κ3) is 6.36. The molecule has 0 heterocycles. The molecule has 0 rings (SSSR count). The summed E-state index contributed by atoms with van der Waals surface area (Å²) in [5, 5.41) is 0. The summed E-state index contributed by atoms with van der Waals surface area (Å²) in [7, 11) is 0. The van der Waals surface area contributed by atoms with Crippen LogP contribution in [0.3, 0.4) is 0 Å². The van der Waals surface area contributed by atoms with Crippen LogP contribution in [0.2, 0.25) is 0 Å². The van der Waals surface area contributed by atoms with E-state index in [2.05, 4.69) is 27.7 Å². The molecule has 0 aromatic rings. The molecule has 11 heavy (non-hydrogen) atoms. The lowest BCUT2D eigenvalue weighted by atomic mass is 9.83. The minimum Gasteiger partial charge on any atom is -0.330 e. The van der Waals surface area contributed by atoms with Crippen molar-refractivity contribution in [3.63, 3.8) is 0 Å². The monoisotopic (exact) mass is 157 g/mol. The fourth-order valence-corrected chi connectivity index (χ4v) is 1.58. The summed E-state index contributed by atoms with van der Waals surface area (Å²) >= 11 is 0. The Labute approximate surface area is 71.4 Å². The van der Waals surface area contributed by atoms with E-state index < -0.39 is 0 Å². The van der Waals surface area contributed by atoms with Crippen molar-refractivity contribution in [2.75, 3.05) is 6.54 Å². The first-order chi connectivity index (χ1) is 4.99. The molecular weight excluding hydrogens is 134 g/mol. The summed E-state index contributed by atoms with van der Waals surface area (Å²) in [6, 6.07) is 0. The van der Waals surface area contributed by atoms with Gasteiger partial charge < -0.3 is 5.73 Å². The minimum atomic E-state index is 0.444. The van der Waals surface area contributed by atoms with Crippen molar-refractivity contribution < 1.29 is 0 Å². The Balaban J connectivity index is 3.68. The predicted octanol–water partition coefficient (Wildman–Crippen LogP) is 2.80. The maximum atomic E-state index is 5.67. The van der Waals surface area contributed by atoms with Gasteiger partial charge in [0.2, 0.25) is 0 Å². The van der Waals surface area contributed by atoms with Crippen LogP contribution in [0.15, 0.2) is 0 Å². The van der Waals surface area contributed by atoms with Gasteiger partial charge in [-0.1, -0.05) is 34.1 Å². The molecule has 1 atom stereocenters. The number of hydrogen-bond donors (Lipinski definition) is 1. The molecule has 0 aromatic carbocycles. The summed E-state index contributed by atoms with van der Waals surface area (Å²) in [6.45, 7) is 9.93. The first kappa shape index (κ1) is 11.0. The number of hydrogen-bond acceptors (Lipinski definition) is 1. The zero-order chi connectivity index (χ0) is 8.91. The normalized spacial score (nSPS) is 15.0. The molecule has 0 amide bonds. The molecule has 0 aliphatic carbocycles. The molecule has 1 unspecified atom stereocenters. The van der Waals surface area contributed by atoms with Crippen molar-refractivity contribution >= 4 is 0 Å². The lowest BCUT2D eigenvalue weighted by Crippen LogP contribution is -2.20. The molecule has 0 aliphatic rings. The van der Waals surface area contributed by atoms with E-state index in [9.17, 15) is 0 Å². The Morgan fingerprint density at radius 1 is 1.27 bits per heavy atom. The quantitative estimate of drug-likeness (QED) is 0.667. The second-order valence-corrected chi connectivity index (χ2v) is 4.66. The van der Waals surface area contributed by atoms with Crippen LogP contribution in [-0.4, -0.2) is 6.54 Å². The molecule has 0 aromatic heterocycles. The minimum absolute atomic E-state index is 0.444. The molecule has 0 saturated heterocycles. The van der Waals surface area contributed by atoms with Crippen molar-refractivity contribution in [1.29, 1.82) is 0 Å². The lowest BCUT2D eigenvalue weighted by Gasteiger charge is -2.24. The van der Waals surface area contributed by atoms with Gasteiger partial charge in [0.1, 0.15) is 0 Å². The van der Waals surface area contributed by atoms with Gasteiger partial charge in [-0.2, -0.15) is 0 Å². The molecule has 0 spiro atoms. The van der Waals surface area contributed by atoms with Gasteiger partial charge in [0.15, 0.2) is 0 Å². The molecule has 0 fully saturated rings. The summed E-state index contributed by atoms with van der Waals surface area (Å²) in [5.41, 5.74) is 6.11. The fraction of sp³-hybridized carbons (Fsp3) is 1.00. The van der Waals surface area contributed by atoms with Crippen LogP contribution in [0.4, 0.5) is 0 Å². The van der Waals surface area contributed by atoms with Gasteiger partial charge in [-0.05, 0) is 30.7 Å². The Kier molecular flexibility index (Phi) is 4.74. The van der Waals surface area contributed by atoms with Crippen molar-refractivity contribution in [3.8, 4) is 0 Å². The Morgan fingerprint density at radius 3 is 2.09 bits per heavy atom. The van der Waals surface area contributed by atoms with E-state index in [1.807, 2.05) is 0 Å². The van der Waals surface area contributed by atoms with E-state index >= 15 is 0 Å². The molecule has 1 heteroatoms. The summed E-state index contributed by atoms with van der Waals surface area (Å²) in [6.07, 6.45) is 3.81. The van der Waals surface area contributed by atoms with Crippen molar-refractivity contribution in [2.24, 2.45) is 17.1 Å². The predicted molar refractivity (Wildman–Crippen MR) is 51.5 cm³/mol. The number of nitrogens with two attached hydrogens (primary N) is 1. The maximum Gasteiger partial charge on any atom is -0.00487 e. The number of rotatable bonds is 4. The van der Waals surface area contributed by atoms with E-state index in [-0.39, 0.29) is 0 Å². The van der Waals surface area contributed by atoms with Crippen LogP contribution >= 0.6 is 0 Å². The van der Waals surface area contributed by atoms with Crippen LogP contribution in [0, 0.1) is 11.3 Å². The molecule has 0 saturated carbocycles. The van der Waals surface area contributed by atoms with Crippen LogP contribution in [0.25, 0.3) is 0 Å². The molecular formula is C10H23N. The van der Waals surface area contributed by atoms with Crippen LogP contribution in [-0.2, 0) is 0 Å². The van der Waals surface area contributed by atoms with E-state index in [0.29, 0.717) is 5.41 Å². The molecule has 68 valence electrons. The third-order valence-electron chi connectivity index (χ3n) is 1.93. The van der Waals surface area contributed by atoms with E-state index in [1.54, 1.807) is 0 Å². The average Bonchev–Trinajstić information content (AvgIpc) is 1.84. The Hall–Kier alpha value is -0.0400. The largest absolute Gasteiger partial charge is 0.330 e. The SMILES string of the molecule is CCCC(CN)CC(C)(C)C. The highest BCUT2D eigenvalue weighted by Gasteiger charge is 2.16. The lowest BCUT2D eigenvalue weighted by molar-refractivity contribution is 0.285. The fourth-order valence-electron chi connectivity index (χ4n) is 1.58. The first-order valence-electron chi connectivity index (χ1n) is 4.69. The summed E-state index contributed by atoms with van der Waals surface area (Å²) in [5.74, 6) is 0.736. The first-order valence-corrected chi connectivity index (χ1v) is 4.69. The van der Waals surface area contributed by atoms with Gasteiger partial charge in [0, 0.05) is 0 Å². The summed E-state index contributed by atoms with van der Waals surface area (Å²) < 4.78 is 0. The van der Waals surface area contributed by atoms with Crippen LogP contribution in [0.5, 0.6) is 0 Å². The average molecular weight is 157 g/mol. The highest BCUT2D eigenvalue weighted by Crippen LogP contribution is 2.26. The molecule has 0 bridgehead atoms. The van der Waals surface area contributed by atoms with Crippen LogP contribution < -0.4 is 5.73 Å². The standard InChI is InChI=1S/C10H23N/c1-5-6-9(8-11)7-10(2,3)4/h9H,5-8,11H2,1-4H3. The third-order valence-corrected chi connectivity index (χ3v) is 1.93. The molecule has 0 radical (unpaired) electrons. The molecule has 2 N–H and O–H groups in total. The van der Waals surface area contributed by atoms with Gasteiger partial charge >= 0.3 is 0 Å². The molecule has 0 aliphatic heterocycles. The van der Waals surface area contributed by atoms with Gasteiger partial charge in [0.25, 0.3) is 0 Å². The smallest absolute Gasteiger partial charge is 0.00487 e. The highest BCUT2D eigenvalue weighted by molar-refractivity contribution is 4.69. The van der Waals surface area contributed by atoms with Crippen molar-refractivity contribution in [2.45, 2.75) is 47.0 Å². The highest BCUT2D eigenvalue weighted by atomic mass is 14.5. The Bertz CT molecular complexity index is 91.5. The van der Waals surface area contributed by atoms with Gasteiger partial charge in [-0.15, -0.1) is 0 Å². The molecule has 1 nitrogen and oxygen atoms in total. The van der Waals surface area contributed by atoms with E-state index in [1.165, 1.54) is 19.3 Å². The van der Waals surface area contributed by atoms with Gasteiger partial charge in [0.05, 0.1) is 0 Å². The topological polar surface area (TPSA) is 26.0 Å². The summed E-state index contributed by atoms with van der Waals surface area (Å²) in [4.78, 5) is 0. The van der Waals surface area contributed by atoms with E-state index in [4.69, 9.17) is 5.73 Å². The van der Waals surface area contributed by atoms with Crippen molar-refractivity contribution in [3.05, 3.63) is 0 Å². The Morgan fingerprint density at radius 2 is 1.82 bits per heavy atom. The zero-order valence-corrected chi connectivity index (χ0v) is 8.48. The second kappa shape index (κ2) is 4.76. The second-order valence-electron chi connectivity index (χ2n) is 4.66. The zero-order valence-electron chi connectivity index (χ0n) is 8.48. The van der Waals surface area contributed by atoms with Crippen molar-refractivity contribution in [1.82, 2.24) is 0 Å². The van der Waals surface area contributed by atoms with Crippen LogP contribution in [0.1, 0.15) is 47.0 Å². The van der Waals surface area contributed by atoms with Gasteiger partial charge in [-0.25, -0.2) is 0 Å².